The number of aromatic nitrogens is 3. The lowest BCUT2D eigenvalue weighted by atomic mass is 9.99. The number of H-pyrrole nitrogens is 2. The van der Waals surface area contributed by atoms with Crippen molar-refractivity contribution in [2.24, 2.45) is 0 Å². The summed E-state index contributed by atoms with van der Waals surface area (Å²) in [6.07, 6.45) is -1.82. The number of likely N-dealkylation sites (N-methyl/N-ethyl adjacent to an activating group) is 1. The first-order valence-electron chi connectivity index (χ1n) is 8.99. The van der Waals surface area contributed by atoms with Crippen molar-refractivity contribution in [1.29, 1.82) is 0 Å². The third-order valence-electron chi connectivity index (χ3n) is 5.12. The molecule has 0 unspecified atom stereocenters. The Morgan fingerprint density at radius 3 is 2.55 bits per heavy atom. The maximum atomic E-state index is 13.3. The van der Waals surface area contributed by atoms with Gasteiger partial charge in [0.2, 0.25) is 0 Å². The van der Waals surface area contributed by atoms with E-state index in [4.69, 9.17) is 0 Å². The van der Waals surface area contributed by atoms with E-state index in [0.29, 0.717) is 37.1 Å². The second-order valence-electron chi connectivity index (χ2n) is 7.08. The van der Waals surface area contributed by atoms with E-state index in [1.165, 1.54) is 18.5 Å². The molecule has 0 bridgehead atoms. The third kappa shape index (κ3) is 3.63. The van der Waals surface area contributed by atoms with Crippen LogP contribution in [0.4, 0.5) is 13.2 Å². The van der Waals surface area contributed by atoms with Crippen LogP contribution in [0.5, 0.6) is 0 Å². The van der Waals surface area contributed by atoms with E-state index in [1.54, 1.807) is 4.90 Å². The zero-order valence-corrected chi connectivity index (χ0v) is 15.5. The van der Waals surface area contributed by atoms with Gasteiger partial charge in [-0.2, -0.15) is 18.3 Å². The normalized spacial score (nSPS) is 15.8. The first-order valence-corrected chi connectivity index (χ1v) is 8.99. The monoisotopic (exact) mass is 405 g/mol. The van der Waals surface area contributed by atoms with Crippen molar-refractivity contribution in [2.45, 2.75) is 6.18 Å². The second-order valence-corrected chi connectivity index (χ2v) is 7.08. The molecule has 1 aliphatic heterocycles. The second kappa shape index (κ2) is 7.03. The quantitative estimate of drug-likeness (QED) is 0.685. The number of nitrogens with one attached hydrogen (secondary N) is 2. The molecule has 0 radical (unpaired) electrons. The number of aromatic amines is 2. The van der Waals surface area contributed by atoms with Crippen molar-refractivity contribution in [3.05, 3.63) is 52.1 Å². The van der Waals surface area contributed by atoms with Gasteiger partial charge < -0.3 is 14.8 Å². The van der Waals surface area contributed by atoms with Crippen LogP contribution >= 0.6 is 0 Å². The van der Waals surface area contributed by atoms with Crippen LogP contribution in [0.1, 0.15) is 15.9 Å². The minimum atomic E-state index is -4.55. The molecule has 1 aromatic carbocycles. The highest BCUT2D eigenvalue weighted by Crippen LogP contribution is 2.36. The smallest absolute Gasteiger partial charge is 0.336 e. The van der Waals surface area contributed by atoms with Gasteiger partial charge in [-0.25, -0.2) is 0 Å². The Kier molecular flexibility index (Phi) is 4.65. The SMILES string of the molecule is CN1CCN(C(=O)c2cc(-c3cc(C(F)(F)F)cc4[nH]ncc34)c[nH]c2=O)CC1. The van der Waals surface area contributed by atoms with Crippen LogP contribution in [-0.2, 0) is 6.18 Å². The molecule has 7 nitrogen and oxygen atoms in total. The van der Waals surface area contributed by atoms with E-state index in [-0.39, 0.29) is 16.6 Å². The largest absolute Gasteiger partial charge is 0.416 e. The van der Waals surface area contributed by atoms with Crippen LogP contribution in [-0.4, -0.2) is 64.1 Å². The molecule has 1 saturated heterocycles. The lowest BCUT2D eigenvalue weighted by molar-refractivity contribution is -0.137. The summed E-state index contributed by atoms with van der Waals surface area (Å²) in [7, 11) is 1.94. The van der Waals surface area contributed by atoms with Gasteiger partial charge in [-0.05, 0) is 36.4 Å². The molecule has 4 rings (SSSR count). The molecule has 2 aromatic heterocycles. The molecule has 152 valence electrons. The molecular formula is C19H18F3N5O2. The van der Waals surface area contributed by atoms with Crippen LogP contribution in [0.25, 0.3) is 22.0 Å². The number of pyridine rings is 1. The van der Waals surface area contributed by atoms with E-state index >= 15 is 0 Å². The molecule has 2 N–H and O–H groups in total. The zero-order valence-electron chi connectivity index (χ0n) is 15.5. The van der Waals surface area contributed by atoms with Crippen LogP contribution in [0, 0.1) is 0 Å². The number of alkyl halides is 3. The topological polar surface area (TPSA) is 85.1 Å². The summed E-state index contributed by atoms with van der Waals surface area (Å²) in [6, 6.07) is 3.32. The van der Waals surface area contributed by atoms with Gasteiger partial charge in [0.15, 0.2) is 0 Å². The lowest BCUT2D eigenvalue weighted by Crippen LogP contribution is -2.48. The molecule has 3 aromatic rings. The van der Waals surface area contributed by atoms with E-state index in [1.807, 2.05) is 7.05 Å². The third-order valence-corrected chi connectivity index (χ3v) is 5.12. The maximum absolute atomic E-state index is 13.3. The number of halogens is 3. The van der Waals surface area contributed by atoms with Crippen LogP contribution in [0.15, 0.2) is 35.4 Å². The van der Waals surface area contributed by atoms with Gasteiger partial charge in [-0.3, -0.25) is 14.7 Å². The average Bonchev–Trinajstić information content (AvgIpc) is 3.16. The molecule has 0 spiro atoms. The molecular weight excluding hydrogens is 387 g/mol. The minimum Gasteiger partial charge on any atom is -0.336 e. The summed E-state index contributed by atoms with van der Waals surface area (Å²) >= 11 is 0. The van der Waals surface area contributed by atoms with Gasteiger partial charge in [0, 0.05) is 37.8 Å². The highest BCUT2D eigenvalue weighted by Gasteiger charge is 2.32. The van der Waals surface area contributed by atoms with Crippen molar-refractivity contribution in [2.75, 3.05) is 33.2 Å². The predicted octanol–water partition coefficient (Wildman–Crippen LogP) is 2.32. The number of carbonyl (C=O) groups is 1. The van der Waals surface area contributed by atoms with E-state index in [0.717, 1.165) is 12.1 Å². The van der Waals surface area contributed by atoms with Crippen molar-refractivity contribution in [3.63, 3.8) is 0 Å². The van der Waals surface area contributed by atoms with Crippen LogP contribution in [0.3, 0.4) is 0 Å². The number of rotatable bonds is 2. The molecule has 10 heteroatoms. The molecule has 0 saturated carbocycles. The summed E-state index contributed by atoms with van der Waals surface area (Å²) < 4.78 is 39.9. The van der Waals surface area contributed by atoms with Crippen molar-refractivity contribution < 1.29 is 18.0 Å². The maximum Gasteiger partial charge on any atom is 0.416 e. The zero-order chi connectivity index (χ0) is 20.8. The molecule has 1 aliphatic rings. The molecule has 1 amide bonds. The van der Waals surface area contributed by atoms with Crippen LogP contribution in [0.2, 0.25) is 0 Å². The summed E-state index contributed by atoms with van der Waals surface area (Å²) in [4.78, 5) is 31.3. The van der Waals surface area contributed by atoms with Crippen molar-refractivity contribution >= 4 is 16.8 Å². The van der Waals surface area contributed by atoms with E-state index in [9.17, 15) is 22.8 Å². The number of benzene rings is 1. The Morgan fingerprint density at radius 1 is 1.14 bits per heavy atom. The average molecular weight is 405 g/mol. The van der Waals surface area contributed by atoms with Gasteiger partial charge in [-0.15, -0.1) is 0 Å². The number of carbonyl (C=O) groups excluding carboxylic acids is 1. The van der Waals surface area contributed by atoms with E-state index < -0.39 is 23.2 Å². The Labute approximate surface area is 163 Å². The van der Waals surface area contributed by atoms with Crippen LogP contribution < -0.4 is 5.56 Å². The Hall–Kier alpha value is -3.14. The number of fused-ring (bicyclic) bond motifs is 1. The number of piperazine rings is 1. The van der Waals surface area contributed by atoms with Gasteiger partial charge >= 0.3 is 6.18 Å². The van der Waals surface area contributed by atoms with E-state index in [2.05, 4.69) is 20.1 Å². The van der Waals surface area contributed by atoms with Gasteiger partial charge in [-0.1, -0.05) is 0 Å². The Morgan fingerprint density at radius 2 is 1.86 bits per heavy atom. The minimum absolute atomic E-state index is 0.0962. The van der Waals surface area contributed by atoms with Gasteiger partial charge in [0.25, 0.3) is 11.5 Å². The number of hydrogen-bond donors (Lipinski definition) is 2. The van der Waals surface area contributed by atoms with Gasteiger partial charge in [0.05, 0.1) is 17.3 Å². The number of nitrogens with zero attached hydrogens (tertiary/aromatic N) is 3. The number of amides is 1. The molecule has 0 atom stereocenters. The van der Waals surface area contributed by atoms with Crippen molar-refractivity contribution in [1.82, 2.24) is 25.0 Å². The molecule has 3 heterocycles. The fourth-order valence-electron chi connectivity index (χ4n) is 3.43. The molecule has 0 aliphatic carbocycles. The lowest BCUT2D eigenvalue weighted by Gasteiger charge is -2.32. The highest BCUT2D eigenvalue weighted by molar-refractivity contribution is 5.98. The fraction of sp³-hybridized carbons (Fsp3) is 0.316. The Balaban J connectivity index is 1.79. The number of hydrogen-bond acceptors (Lipinski definition) is 4. The fourth-order valence-corrected chi connectivity index (χ4v) is 3.43. The molecule has 29 heavy (non-hydrogen) atoms. The predicted molar refractivity (Wildman–Crippen MR) is 101 cm³/mol. The first kappa shape index (κ1) is 19.2. The first-order chi connectivity index (χ1) is 13.7. The Bertz CT molecular complexity index is 1130. The summed E-state index contributed by atoms with van der Waals surface area (Å²) in [6.45, 7) is 2.34. The molecule has 1 fully saturated rings. The summed E-state index contributed by atoms with van der Waals surface area (Å²) in [5.41, 5.74) is -0.767. The summed E-state index contributed by atoms with van der Waals surface area (Å²) in [5.74, 6) is -0.434. The van der Waals surface area contributed by atoms with Crippen molar-refractivity contribution in [3.8, 4) is 11.1 Å². The standard InChI is InChI=1S/C19H18F3N5O2/c1-26-2-4-27(5-3-26)18(29)14-6-11(9-23-17(14)28)13-7-12(19(20,21)22)8-16-15(13)10-24-25-16/h6-10H,2-5H2,1H3,(H,23,28)(H,24,25). The summed E-state index contributed by atoms with van der Waals surface area (Å²) in [5, 5.41) is 6.83. The highest BCUT2D eigenvalue weighted by atomic mass is 19.4. The van der Waals surface area contributed by atoms with Gasteiger partial charge in [0.1, 0.15) is 5.56 Å².